The van der Waals surface area contributed by atoms with Crippen molar-refractivity contribution >= 4 is 5.78 Å². The predicted molar refractivity (Wildman–Crippen MR) is 116 cm³/mol. The first-order valence-electron chi connectivity index (χ1n) is 12.4. The smallest absolute Gasteiger partial charge is 0.139 e. The van der Waals surface area contributed by atoms with Crippen LogP contribution in [0.15, 0.2) is 0 Å². The lowest BCUT2D eigenvalue weighted by atomic mass is 9.42. The zero-order valence-corrected chi connectivity index (χ0v) is 18.7. The lowest BCUT2D eigenvalue weighted by Crippen LogP contribution is -2.62. The van der Waals surface area contributed by atoms with Crippen molar-refractivity contribution in [2.75, 3.05) is 19.7 Å². The molecule has 4 aliphatic carbocycles. The van der Waals surface area contributed by atoms with Crippen molar-refractivity contribution < 1.29 is 15.0 Å². The van der Waals surface area contributed by atoms with E-state index in [1.165, 1.54) is 0 Å². The van der Waals surface area contributed by atoms with Crippen LogP contribution in [0.25, 0.3) is 0 Å². The van der Waals surface area contributed by atoms with E-state index in [0.29, 0.717) is 35.9 Å². The van der Waals surface area contributed by atoms with E-state index in [1.807, 2.05) is 0 Å². The topological polar surface area (TPSA) is 69.6 Å². The third kappa shape index (κ3) is 3.03. The van der Waals surface area contributed by atoms with Crippen LogP contribution in [0.2, 0.25) is 0 Å². The van der Waals surface area contributed by atoms with Crippen molar-refractivity contribution in [3.63, 3.8) is 0 Å². The first kappa shape index (κ1) is 21.0. The lowest BCUT2D eigenvalue weighted by Gasteiger charge is -2.63. The predicted octanol–water partition coefficient (Wildman–Crippen LogP) is 3.02. The second-order valence-corrected chi connectivity index (χ2v) is 11.6. The van der Waals surface area contributed by atoms with Crippen LogP contribution in [0.1, 0.15) is 65.2 Å². The van der Waals surface area contributed by atoms with Gasteiger partial charge >= 0.3 is 0 Å². The second kappa shape index (κ2) is 7.61. The molecule has 4 heteroatoms. The maximum Gasteiger partial charge on any atom is 0.139 e. The fourth-order valence-corrected chi connectivity index (χ4v) is 8.60. The van der Waals surface area contributed by atoms with Crippen molar-refractivity contribution in [1.82, 2.24) is 5.32 Å². The zero-order valence-electron chi connectivity index (χ0n) is 18.7. The SMILES string of the molecule is C[C@]12CC[C@H](C#CC3CCNC3)CC1[C@@H](CO)[C@@H](O)[C@@H]1[C@@H]2CC[C@]2(C)C(=O)CC[C@@H]12. The summed E-state index contributed by atoms with van der Waals surface area (Å²) >= 11 is 0. The molecule has 166 valence electrons. The molecule has 0 radical (unpaired) electrons. The van der Waals surface area contributed by atoms with Crippen molar-refractivity contribution in [1.29, 1.82) is 0 Å². The molecular weight excluding hydrogens is 374 g/mol. The molecule has 0 bridgehead atoms. The van der Waals surface area contributed by atoms with Gasteiger partial charge in [0.15, 0.2) is 0 Å². The number of hydrogen-bond donors (Lipinski definition) is 3. The fraction of sp³-hybridized carbons (Fsp3) is 0.885. The maximum absolute atomic E-state index is 12.7. The van der Waals surface area contributed by atoms with Crippen molar-refractivity contribution in [3.8, 4) is 11.8 Å². The summed E-state index contributed by atoms with van der Waals surface area (Å²) in [5.41, 5.74) is -0.0965. The summed E-state index contributed by atoms with van der Waals surface area (Å²) in [5.74, 6) is 9.59. The van der Waals surface area contributed by atoms with Gasteiger partial charge in [-0.3, -0.25) is 4.79 Å². The molecule has 0 aromatic heterocycles. The molecule has 0 spiro atoms. The second-order valence-electron chi connectivity index (χ2n) is 11.6. The molecule has 10 atom stereocenters. The molecule has 1 saturated heterocycles. The summed E-state index contributed by atoms with van der Waals surface area (Å²) < 4.78 is 0. The van der Waals surface area contributed by atoms with Crippen LogP contribution in [0.3, 0.4) is 0 Å². The molecular formula is C26H39NO3. The number of carbonyl (C=O) groups is 1. The number of aliphatic hydroxyl groups is 2. The molecule has 30 heavy (non-hydrogen) atoms. The molecule has 4 nitrogen and oxygen atoms in total. The first-order valence-corrected chi connectivity index (χ1v) is 12.4. The Morgan fingerprint density at radius 1 is 1.03 bits per heavy atom. The molecule has 5 rings (SSSR count). The van der Waals surface area contributed by atoms with Crippen molar-refractivity contribution in [3.05, 3.63) is 0 Å². The minimum absolute atomic E-state index is 0.0503. The molecule has 2 unspecified atom stereocenters. The Balaban J connectivity index is 1.41. The van der Waals surface area contributed by atoms with Crippen LogP contribution in [0, 0.1) is 64.1 Å². The Labute approximate surface area is 181 Å². The molecule has 0 amide bonds. The van der Waals surface area contributed by atoms with Gasteiger partial charge in [0.1, 0.15) is 5.78 Å². The zero-order chi connectivity index (χ0) is 21.1. The third-order valence-corrected chi connectivity index (χ3v) is 10.4. The number of rotatable bonds is 1. The van der Waals surface area contributed by atoms with E-state index >= 15 is 0 Å². The van der Waals surface area contributed by atoms with Gasteiger partial charge in [0.2, 0.25) is 0 Å². The summed E-state index contributed by atoms with van der Waals surface area (Å²) in [6.45, 7) is 6.74. The van der Waals surface area contributed by atoms with Gasteiger partial charge in [-0.1, -0.05) is 25.7 Å². The molecule has 5 aliphatic rings. The molecule has 0 aromatic rings. The number of hydrogen-bond acceptors (Lipinski definition) is 4. The van der Waals surface area contributed by atoms with Gasteiger partial charge in [-0.15, -0.1) is 0 Å². The number of aliphatic hydroxyl groups excluding tert-OH is 2. The highest BCUT2D eigenvalue weighted by Crippen LogP contribution is 2.67. The largest absolute Gasteiger partial charge is 0.396 e. The number of nitrogens with one attached hydrogen (secondary N) is 1. The minimum atomic E-state index is -0.487. The third-order valence-electron chi connectivity index (χ3n) is 10.4. The maximum atomic E-state index is 12.7. The highest BCUT2D eigenvalue weighted by atomic mass is 16.3. The first-order chi connectivity index (χ1) is 14.4. The van der Waals surface area contributed by atoms with Crippen LogP contribution >= 0.6 is 0 Å². The van der Waals surface area contributed by atoms with Gasteiger partial charge in [-0.2, -0.15) is 0 Å². The van der Waals surface area contributed by atoms with E-state index in [-0.39, 0.29) is 35.2 Å². The van der Waals surface area contributed by atoms with Crippen LogP contribution in [-0.4, -0.2) is 41.8 Å². The van der Waals surface area contributed by atoms with Crippen molar-refractivity contribution in [2.45, 2.75) is 71.3 Å². The van der Waals surface area contributed by atoms with E-state index in [2.05, 4.69) is 31.0 Å². The molecule has 1 heterocycles. The molecule has 1 aliphatic heterocycles. The van der Waals surface area contributed by atoms with Crippen LogP contribution in [0.5, 0.6) is 0 Å². The molecule has 0 aromatic carbocycles. The lowest BCUT2D eigenvalue weighted by molar-refractivity contribution is -0.198. The number of Topliss-reactive ketones (excluding diaryl/α,β-unsaturated/α-hetero) is 1. The summed E-state index contributed by atoms with van der Waals surface area (Å²) in [5, 5.41) is 25.3. The van der Waals surface area contributed by atoms with E-state index in [9.17, 15) is 15.0 Å². The Morgan fingerprint density at radius 2 is 1.83 bits per heavy atom. The average Bonchev–Trinajstić information content (AvgIpc) is 3.36. The number of fused-ring (bicyclic) bond motifs is 5. The van der Waals surface area contributed by atoms with E-state index < -0.39 is 6.10 Å². The Hall–Kier alpha value is -0.890. The summed E-state index contributed by atoms with van der Waals surface area (Å²) in [6, 6.07) is 0. The van der Waals surface area contributed by atoms with Crippen LogP contribution < -0.4 is 5.32 Å². The normalized spacial score (nSPS) is 52.7. The fourth-order valence-electron chi connectivity index (χ4n) is 8.60. The average molecular weight is 414 g/mol. The molecule has 3 N–H and O–H groups in total. The molecule has 4 saturated carbocycles. The summed E-state index contributed by atoms with van der Waals surface area (Å²) in [7, 11) is 0. The highest BCUT2D eigenvalue weighted by Gasteiger charge is 2.64. The standard InChI is InChI=1S/C26H39NO3/c1-25-10-7-16(3-4-17-9-12-27-14-17)13-21(25)18(15-28)24(30)23-19-5-6-22(29)26(19,2)11-8-20(23)25/h16-21,23-24,27-28,30H,5-15H2,1-2H3/t16-,17?,18+,19-,20-,21?,23-,24+,25+,26-/m0/s1. The summed E-state index contributed by atoms with van der Waals surface area (Å²) in [4.78, 5) is 12.7. The quantitative estimate of drug-likeness (QED) is 0.578. The van der Waals surface area contributed by atoms with Crippen molar-refractivity contribution in [2.24, 2.45) is 52.3 Å². The minimum Gasteiger partial charge on any atom is -0.396 e. The molecule has 5 fully saturated rings. The van der Waals surface area contributed by atoms with E-state index in [4.69, 9.17) is 0 Å². The van der Waals surface area contributed by atoms with Crippen LogP contribution in [-0.2, 0) is 4.79 Å². The Kier molecular flexibility index (Phi) is 5.32. The van der Waals surface area contributed by atoms with E-state index in [1.54, 1.807) is 0 Å². The number of ketones is 1. The Morgan fingerprint density at radius 3 is 2.57 bits per heavy atom. The van der Waals surface area contributed by atoms with Gasteiger partial charge in [-0.05, 0) is 80.6 Å². The van der Waals surface area contributed by atoms with Gasteiger partial charge in [0, 0.05) is 42.7 Å². The summed E-state index contributed by atoms with van der Waals surface area (Å²) in [6.07, 6.45) is 7.59. The number of carbonyl (C=O) groups excluding carboxylic acids is 1. The van der Waals surface area contributed by atoms with E-state index in [0.717, 1.165) is 58.0 Å². The monoisotopic (exact) mass is 413 g/mol. The van der Waals surface area contributed by atoms with Gasteiger partial charge < -0.3 is 15.5 Å². The van der Waals surface area contributed by atoms with Gasteiger partial charge in [0.05, 0.1) is 6.10 Å². The highest BCUT2D eigenvalue weighted by molar-refractivity contribution is 5.87. The van der Waals surface area contributed by atoms with Gasteiger partial charge in [-0.25, -0.2) is 0 Å². The van der Waals surface area contributed by atoms with Crippen LogP contribution in [0.4, 0.5) is 0 Å². The Bertz CT molecular complexity index is 749. The van der Waals surface area contributed by atoms with Gasteiger partial charge in [0.25, 0.3) is 0 Å².